The number of methoxy groups -OCH3 is 2. The second-order valence-electron chi connectivity index (χ2n) is 4.80. The fourth-order valence-corrected chi connectivity index (χ4v) is 2.55. The van der Waals surface area contributed by atoms with Crippen LogP contribution in [0, 0.1) is 5.92 Å². The van der Waals surface area contributed by atoms with E-state index < -0.39 is 0 Å². The van der Waals surface area contributed by atoms with Gasteiger partial charge >= 0.3 is 0 Å². The van der Waals surface area contributed by atoms with Gasteiger partial charge in [0.1, 0.15) is 11.5 Å². The van der Waals surface area contributed by atoms with Gasteiger partial charge in [0.25, 0.3) is 0 Å². The Bertz CT molecular complexity index is 491. The molecule has 0 radical (unpaired) electrons. The Morgan fingerprint density at radius 3 is 2.67 bits per heavy atom. The normalized spacial score (nSPS) is 17.0. The third-order valence-electron chi connectivity index (χ3n) is 3.38. The Labute approximate surface area is 135 Å². The van der Waals surface area contributed by atoms with Gasteiger partial charge < -0.3 is 20.1 Å². The maximum absolute atomic E-state index is 12.0. The third kappa shape index (κ3) is 4.66. The molecule has 21 heavy (non-hydrogen) atoms. The van der Waals surface area contributed by atoms with Gasteiger partial charge in [0, 0.05) is 12.5 Å². The molecule has 0 aliphatic carbocycles. The number of nitrogens with one attached hydrogen (secondary N) is 2. The minimum Gasteiger partial charge on any atom is -0.495 e. The van der Waals surface area contributed by atoms with Crippen molar-refractivity contribution in [1.82, 2.24) is 5.32 Å². The molecule has 0 saturated carbocycles. The number of rotatable bonds is 5. The molecule has 0 spiro atoms. The van der Waals surface area contributed by atoms with Crippen LogP contribution in [0.1, 0.15) is 12.8 Å². The monoisotopic (exact) mass is 334 g/mol. The Hall–Kier alpha value is -1.17. The minimum atomic E-state index is -0.0294. The van der Waals surface area contributed by atoms with Gasteiger partial charge in [0.2, 0.25) is 5.91 Å². The molecule has 5 nitrogen and oxygen atoms in total. The highest BCUT2D eigenvalue weighted by Crippen LogP contribution is 2.36. The van der Waals surface area contributed by atoms with Crippen molar-refractivity contribution in [2.24, 2.45) is 5.92 Å². The van der Waals surface area contributed by atoms with Crippen LogP contribution >= 0.6 is 24.0 Å². The quantitative estimate of drug-likeness (QED) is 0.869. The smallest absolute Gasteiger partial charge is 0.224 e. The average molecular weight is 335 g/mol. The van der Waals surface area contributed by atoms with Gasteiger partial charge in [0.15, 0.2) is 0 Å². The summed E-state index contributed by atoms with van der Waals surface area (Å²) in [5.74, 6) is 1.42. The summed E-state index contributed by atoms with van der Waals surface area (Å²) >= 11 is 6.07. The topological polar surface area (TPSA) is 59.6 Å². The summed E-state index contributed by atoms with van der Waals surface area (Å²) in [6.45, 7) is 1.88. The highest BCUT2D eigenvalue weighted by atomic mass is 35.5. The molecule has 1 aromatic rings. The number of amides is 1. The highest BCUT2D eigenvalue weighted by Gasteiger charge is 2.19. The molecule has 1 aromatic carbocycles. The SMILES string of the molecule is COc1cc(OC)c(NC(=O)CC2CCNC2)cc1Cl.Cl. The summed E-state index contributed by atoms with van der Waals surface area (Å²) in [6, 6.07) is 3.30. The highest BCUT2D eigenvalue weighted by molar-refractivity contribution is 6.32. The molecule has 1 fully saturated rings. The number of hydrogen-bond donors (Lipinski definition) is 2. The third-order valence-corrected chi connectivity index (χ3v) is 3.68. The first-order valence-corrected chi connectivity index (χ1v) is 6.94. The minimum absolute atomic E-state index is 0. The largest absolute Gasteiger partial charge is 0.495 e. The molecule has 1 aliphatic heterocycles. The lowest BCUT2D eigenvalue weighted by Gasteiger charge is -2.14. The molecule has 1 unspecified atom stereocenters. The van der Waals surface area contributed by atoms with Gasteiger partial charge in [-0.1, -0.05) is 11.6 Å². The maximum Gasteiger partial charge on any atom is 0.224 e. The van der Waals surface area contributed by atoms with Crippen molar-refractivity contribution in [2.75, 3.05) is 32.6 Å². The maximum atomic E-state index is 12.0. The number of benzene rings is 1. The van der Waals surface area contributed by atoms with E-state index in [1.165, 1.54) is 7.11 Å². The zero-order chi connectivity index (χ0) is 14.5. The molecular formula is C14H20Cl2N2O3. The van der Waals surface area contributed by atoms with E-state index in [1.807, 2.05) is 0 Å². The molecule has 1 amide bonds. The summed E-state index contributed by atoms with van der Waals surface area (Å²) < 4.78 is 10.4. The van der Waals surface area contributed by atoms with E-state index in [0.717, 1.165) is 19.5 Å². The zero-order valence-corrected chi connectivity index (χ0v) is 13.6. The zero-order valence-electron chi connectivity index (χ0n) is 12.1. The molecule has 118 valence electrons. The molecular weight excluding hydrogens is 315 g/mol. The van der Waals surface area contributed by atoms with E-state index in [9.17, 15) is 4.79 Å². The van der Waals surface area contributed by atoms with Crippen LogP contribution in [0.25, 0.3) is 0 Å². The predicted molar refractivity (Wildman–Crippen MR) is 86.0 cm³/mol. The summed E-state index contributed by atoms with van der Waals surface area (Å²) in [4.78, 5) is 12.0. The molecule has 2 rings (SSSR count). The second kappa shape index (κ2) is 8.32. The van der Waals surface area contributed by atoms with Gasteiger partial charge in [0.05, 0.1) is 24.9 Å². The van der Waals surface area contributed by atoms with Crippen LogP contribution in [0.3, 0.4) is 0 Å². The van der Waals surface area contributed by atoms with Crippen molar-refractivity contribution < 1.29 is 14.3 Å². The van der Waals surface area contributed by atoms with E-state index in [-0.39, 0.29) is 18.3 Å². The van der Waals surface area contributed by atoms with Crippen LogP contribution in [0.4, 0.5) is 5.69 Å². The summed E-state index contributed by atoms with van der Waals surface area (Å²) in [5, 5.41) is 6.53. The van der Waals surface area contributed by atoms with Gasteiger partial charge in [-0.05, 0) is 31.5 Å². The average Bonchev–Trinajstić information content (AvgIpc) is 2.91. The molecule has 7 heteroatoms. The Balaban J connectivity index is 0.00000220. The first-order chi connectivity index (χ1) is 9.63. The van der Waals surface area contributed by atoms with E-state index >= 15 is 0 Å². The Morgan fingerprint density at radius 2 is 2.10 bits per heavy atom. The van der Waals surface area contributed by atoms with Crippen molar-refractivity contribution in [2.45, 2.75) is 12.8 Å². The van der Waals surface area contributed by atoms with Crippen LogP contribution in [0.15, 0.2) is 12.1 Å². The van der Waals surface area contributed by atoms with Crippen LogP contribution in [0.2, 0.25) is 5.02 Å². The van der Waals surface area contributed by atoms with Gasteiger partial charge in [-0.25, -0.2) is 0 Å². The number of hydrogen-bond acceptors (Lipinski definition) is 4. The first kappa shape index (κ1) is 17.9. The predicted octanol–water partition coefficient (Wildman–Crippen LogP) is 2.72. The van der Waals surface area contributed by atoms with Crippen molar-refractivity contribution in [3.8, 4) is 11.5 Å². The standard InChI is InChI=1S/C14H19ClN2O3.ClH/c1-19-12-7-13(20-2)11(6-10(12)15)17-14(18)5-9-3-4-16-8-9;/h6-7,9,16H,3-5,8H2,1-2H3,(H,17,18);1H. The molecule has 0 aromatic heterocycles. The molecule has 1 heterocycles. The number of carbonyl (C=O) groups excluding carboxylic acids is 1. The van der Waals surface area contributed by atoms with Crippen LogP contribution in [0.5, 0.6) is 11.5 Å². The van der Waals surface area contributed by atoms with Crippen molar-refractivity contribution in [3.05, 3.63) is 17.2 Å². The summed E-state index contributed by atoms with van der Waals surface area (Å²) in [7, 11) is 3.07. The van der Waals surface area contributed by atoms with Crippen LogP contribution < -0.4 is 20.1 Å². The van der Waals surface area contributed by atoms with Gasteiger partial charge in [-0.3, -0.25) is 4.79 Å². The second-order valence-corrected chi connectivity index (χ2v) is 5.21. The van der Waals surface area contributed by atoms with Crippen LogP contribution in [-0.4, -0.2) is 33.2 Å². The fourth-order valence-electron chi connectivity index (χ4n) is 2.31. The Morgan fingerprint density at radius 1 is 1.38 bits per heavy atom. The first-order valence-electron chi connectivity index (χ1n) is 6.56. The lowest BCUT2D eigenvalue weighted by atomic mass is 10.0. The molecule has 1 saturated heterocycles. The van der Waals surface area contributed by atoms with E-state index in [4.69, 9.17) is 21.1 Å². The van der Waals surface area contributed by atoms with Crippen molar-refractivity contribution >= 4 is 35.6 Å². The molecule has 2 N–H and O–H groups in total. The number of anilines is 1. The lowest BCUT2D eigenvalue weighted by Crippen LogP contribution is -2.18. The van der Waals surface area contributed by atoms with Crippen molar-refractivity contribution in [3.63, 3.8) is 0 Å². The number of carbonyl (C=O) groups is 1. The molecule has 0 bridgehead atoms. The number of ether oxygens (including phenoxy) is 2. The van der Waals surface area contributed by atoms with Gasteiger partial charge in [-0.2, -0.15) is 0 Å². The summed E-state index contributed by atoms with van der Waals surface area (Å²) in [6.07, 6.45) is 1.54. The van der Waals surface area contributed by atoms with Crippen molar-refractivity contribution in [1.29, 1.82) is 0 Å². The summed E-state index contributed by atoms with van der Waals surface area (Å²) in [5.41, 5.74) is 0.564. The molecule has 1 atom stereocenters. The van der Waals surface area contributed by atoms with E-state index in [0.29, 0.717) is 34.5 Å². The van der Waals surface area contributed by atoms with Gasteiger partial charge in [-0.15, -0.1) is 12.4 Å². The molecule has 1 aliphatic rings. The van der Waals surface area contributed by atoms with E-state index in [2.05, 4.69) is 10.6 Å². The van der Waals surface area contributed by atoms with E-state index in [1.54, 1.807) is 19.2 Å². The Kier molecular flexibility index (Phi) is 7.08. The number of halogens is 2. The van der Waals surface area contributed by atoms with Crippen LogP contribution in [-0.2, 0) is 4.79 Å². The fraction of sp³-hybridized carbons (Fsp3) is 0.500. The lowest BCUT2D eigenvalue weighted by molar-refractivity contribution is -0.117.